The highest BCUT2D eigenvalue weighted by Gasteiger charge is 2.32. The third-order valence-electron chi connectivity index (χ3n) is 4.04. The molecule has 2 heterocycles. The molecule has 21 heavy (non-hydrogen) atoms. The lowest BCUT2D eigenvalue weighted by molar-refractivity contribution is -0.00702. The molecule has 3 heteroatoms. The van der Waals surface area contributed by atoms with E-state index in [4.69, 9.17) is 0 Å². The SMILES string of the molecule is CCCC(O)(Cc1[nH]c2cnccc2c1C)CC(C)(C)C. The van der Waals surface area contributed by atoms with E-state index in [9.17, 15) is 5.11 Å². The first-order valence-electron chi connectivity index (χ1n) is 7.88. The molecule has 0 aliphatic rings. The van der Waals surface area contributed by atoms with Crippen molar-refractivity contribution in [2.24, 2.45) is 5.41 Å². The number of nitrogens with one attached hydrogen (secondary N) is 1. The maximum absolute atomic E-state index is 11.1. The van der Waals surface area contributed by atoms with Gasteiger partial charge in [0.15, 0.2) is 0 Å². The lowest BCUT2D eigenvalue weighted by Gasteiger charge is -2.34. The van der Waals surface area contributed by atoms with E-state index in [1.165, 1.54) is 10.9 Å². The highest BCUT2D eigenvalue weighted by molar-refractivity contribution is 5.83. The Bertz CT molecular complexity index is 609. The molecule has 0 aliphatic carbocycles. The van der Waals surface area contributed by atoms with Gasteiger partial charge in [0, 0.05) is 23.7 Å². The molecule has 0 saturated carbocycles. The van der Waals surface area contributed by atoms with E-state index < -0.39 is 5.60 Å². The number of rotatable bonds is 5. The molecule has 2 aromatic heterocycles. The summed E-state index contributed by atoms with van der Waals surface area (Å²) in [6.07, 6.45) is 6.99. The first-order valence-corrected chi connectivity index (χ1v) is 7.88. The number of aromatic nitrogens is 2. The normalized spacial score (nSPS) is 15.3. The van der Waals surface area contributed by atoms with Crippen molar-refractivity contribution in [3.63, 3.8) is 0 Å². The Morgan fingerprint density at radius 2 is 2.00 bits per heavy atom. The molecule has 0 bridgehead atoms. The van der Waals surface area contributed by atoms with Crippen LogP contribution in [0.2, 0.25) is 0 Å². The summed E-state index contributed by atoms with van der Waals surface area (Å²) in [4.78, 5) is 7.61. The Labute approximate surface area is 127 Å². The molecular formula is C18H28N2O. The molecule has 0 spiro atoms. The van der Waals surface area contributed by atoms with Gasteiger partial charge in [0.25, 0.3) is 0 Å². The van der Waals surface area contributed by atoms with E-state index in [1.54, 1.807) is 0 Å². The van der Waals surface area contributed by atoms with Gasteiger partial charge < -0.3 is 10.1 Å². The second-order valence-corrected chi connectivity index (χ2v) is 7.54. The fourth-order valence-corrected chi connectivity index (χ4v) is 3.44. The maximum atomic E-state index is 11.1. The van der Waals surface area contributed by atoms with Gasteiger partial charge in [-0.15, -0.1) is 0 Å². The van der Waals surface area contributed by atoms with E-state index >= 15 is 0 Å². The lowest BCUT2D eigenvalue weighted by atomic mass is 9.77. The molecule has 1 atom stereocenters. The average molecular weight is 288 g/mol. The van der Waals surface area contributed by atoms with Crippen LogP contribution < -0.4 is 0 Å². The maximum Gasteiger partial charge on any atom is 0.0707 e. The summed E-state index contributed by atoms with van der Waals surface area (Å²) in [5.74, 6) is 0. The Morgan fingerprint density at radius 1 is 1.29 bits per heavy atom. The molecule has 2 N–H and O–H groups in total. The summed E-state index contributed by atoms with van der Waals surface area (Å²) < 4.78 is 0. The fraction of sp³-hybridized carbons (Fsp3) is 0.611. The van der Waals surface area contributed by atoms with Crippen LogP contribution in [-0.2, 0) is 6.42 Å². The summed E-state index contributed by atoms with van der Waals surface area (Å²) in [5, 5.41) is 12.3. The fourth-order valence-electron chi connectivity index (χ4n) is 3.44. The molecule has 0 amide bonds. The number of nitrogens with zero attached hydrogens (tertiary/aromatic N) is 1. The lowest BCUT2D eigenvalue weighted by Crippen LogP contribution is -2.36. The van der Waals surface area contributed by atoms with Crippen molar-refractivity contribution < 1.29 is 5.11 Å². The third-order valence-corrected chi connectivity index (χ3v) is 4.04. The topological polar surface area (TPSA) is 48.9 Å². The van der Waals surface area contributed by atoms with Crippen LogP contribution in [0.1, 0.15) is 58.2 Å². The Morgan fingerprint density at radius 3 is 2.57 bits per heavy atom. The van der Waals surface area contributed by atoms with E-state index in [-0.39, 0.29) is 5.41 Å². The number of hydrogen-bond acceptors (Lipinski definition) is 2. The molecule has 3 nitrogen and oxygen atoms in total. The van der Waals surface area contributed by atoms with Gasteiger partial charge >= 0.3 is 0 Å². The molecule has 0 aromatic carbocycles. The van der Waals surface area contributed by atoms with Crippen LogP contribution in [0, 0.1) is 12.3 Å². The Hall–Kier alpha value is -1.35. The minimum atomic E-state index is -0.647. The van der Waals surface area contributed by atoms with Crippen LogP contribution in [0.15, 0.2) is 18.5 Å². The van der Waals surface area contributed by atoms with E-state index in [1.807, 2.05) is 18.5 Å². The van der Waals surface area contributed by atoms with Crippen molar-refractivity contribution >= 4 is 10.9 Å². The van der Waals surface area contributed by atoms with Crippen LogP contribution >= 0.6 is 0 Å². The number of pyridine rings is 1. The van der Waals surface area contributed by atoms with Crippen LogP contribution in [0.3, 0.4) is 0 Å². The third kappa shape index (κ3) is 3.85. The second-order valence-electron chi connectivity index (χ2n) is 7.54. The minimum absolute atomic E-state index is 0.116. The number of H-pyrrole nitrogens is 1. The zero-order chi connectivity index (χ0) is 15.7. The van der Waals surface area contributed by atoms with Crippen molar-refractivity contribution in [2.45, 2.75) is 65.9 Å². The quantitative estimate of drug-likeness (QED) is 0.857. The van der Waals surface area contributed by atoms with Crippen molar-refractivity contribution in [3.05, 3.63) is 29.7 Å². The Kier molecular flexibility index (Phi) is 4.43. The average Bonchev–Trinajstić information content (AvgIpc) is 2.64. The van der Waals surface area contributed by atoms with Crippen molar-refractivity contribution in [1.29, 1.82) is 0 Å². The predicted octanol–water partition coefficient (Wildman–Crippen LogP) is 4.38. The van der Waals surface area contributed by atoms with Gasteiger partial charge in [0.1, 0.15) is 0 Å². The standard InChI is InChI=1S/C18H28N2O/c1-6-8-18(21,12-17(3,4)5)10-15-13(2)14-7-9-19-11-16(14)20-15/h7,9,11,20-21H,6,8,10,12H2,1-5H3. The zero-order valence-corrected chi connectivity index (χ0v) is 14.0. The molecular weight excluding hydrogens is 260 g/mol. The molecule has 0 radical (unpaired) electrons. The summed E-state index contributed by atoms with van der Waals surface area (Å²) >= 11 is 0. The smallest absolute Gasteiger partial charge is 0.0707 e. The van der Waals surface area contributed by atoms with Crippen LogP contribution in [0.25, 0.3) is 10.9 Å². The van der Waals surface area contributed by atoms with Gasteiger partial charge in [0.05, 0.1) is 17.3 Å². The summed E-state index contributed by atoms with van der Waals surface area (Å²) in [7, 11) is 0. The van der Waals surface area contributed by atoms with Crippen LogP contribution in [0.5, 0.6) is 0 Å². The molecule has 116 valence electrons. The van der Waals surface area contributed by atoms with Gasteiger partial charge in [-0.2, -0.15) is 0 Å². The van der Waals surface area contributed by atoms with Gasteiger partial charge in [-0.1, -0.05) is 34.1 Å². The van der Waals surface area contributed by atoms with Gasteiger partial charge in [0.2, 0.25) is 0 Å². The van der Waals surface area contributed by atoms with E-state index in [2.05, 4.69) is 44.6 Å². The minimum Gasteiger partial charge on any atom is -0.389 e. The van der Waals surface area contributed by atoms with Gasteiger partial charge in [-0.3, -0.25) is 4.98 Å². The van der Waals surface area contributed by atoms with Crippen LogP contribution in [-0.4, -0.2) is 20.7 Å². The zero-order valence-electron chi connectivity index (χ0n) is 14.0. The summed E-state index contributed by atoms with van der Waals surface area (Å²) in [6.45, 7) is 10.8. The summed E-state index contributed by atoms with van der Waals surface area (Å²) in [6, 6.07) is 2.04. The monoisotopic (exact) mass is 288 g/mol. The van der Waals surface area contributed by atoms with E-state index in [0.717, 1.165) is 30.5 Å². The van der Waals surface area contributed by atoms with Crippen molar-refractivity contribution in [1.82, 2.24) is 9.97 Å². The number of aryl methyl sites for hydroxylation is 1. The molecule has 0 fully saturated rings. The number of fused-ring (bicyclic) bond motifs is 1. The molecule has 0 saturated heterocycles. The Balaban J connectivity index is 2.32. The largest absolute Gasteiger partial charge is 0.389 e. The first kappa shape index (κ1) is 16.0. The molecule has 2 rings (SSSR count). The predicted molar refractivity (Wildman–Crippen MR) is 88.5 cm³/mol. The summed E-state index contributed by atoms with van der Waals surface area (Å²) in [5.41, 5.74) is 2.89. The first-order chi connectivity index (χ1) is 9.74. The van der Waals surface area contributed by atoms with Crippen molar-refractivity contribution in [3.8, 4) is 0 Å². The van der Waals surface area contributed by atoms with Crippen molar-refractivity contribution in [2.75, 3.05) is 0 Å². The van der Waals surface area contributed by atoms with Crippen LogP contribution in [0.4, 0.5) is 0 Å². The second kappa shape index (κ2) is 5.80. The molecule has 0 aliphatic heterocycles. The van der Waals surface area contributed by atoms with Gasteiger partial charge in [-0.05, 0) is 36.8 Å². The number of aromatic amines is 1. The van der Waals surface area contributed by atoms with E-state index in [0.29, 0.717) is 6.42 Å². The number of aliphatic hydroxyl groups is 1. The molecule has 2 aromatic rings. The van der Waals surface area contributed by atoms with Gasteiger partial charge in [-0.25, -0.2) is 0 Å². The number of hydrogen-bond donors (Lipinski definition) is 2. The highest BCUT2D eigenvalue weighted by Crippen LogP contribution is 2.34. The molecule has 1 unspecified atom stereocenters. The highest BCUT2D eigenvalue weighted by atomic mass is 16.3.